The maximum Gasteiger partial charge on any atom is 0.407 e. The number of ether oxygens (including phenoxy) is 1. The van der Waals surface area contributed by atoms with Gasteiger partial charge < -0.3 is 15.8 Å². The molecule has 20 heavy (non-hydrogen) atoms. The van der Waals surface area contributed by atoms with Gasteiger partial charge in [0.05, 0.1) is 0 Å². The van der Waals surface area contributed by atoms with E-state index in [0.29, 0.717) is 13.0 Å². The number of amides is 1. The smallest absolute Gasteiger partial charge is 0.407 e. The lowest BCUT2D eigenvalue weighted by Gasteiger charge is -2.19. The Balaban J connectivity index is 2.36. The van der Waals surface area contributed by atoms with Gasteiger partial charge in [0, 0.05) is 24.2 Å². The summed E-state index contributed by atoms with van der Waals surface area (Å²) in [6.45, 7) is 7.90. The maximum absolute atomic E-state index is 11.4. The van der Waals surface area contributed by atoms with Crippen LogP contribution in [-0.4, -0.2) is 18.2 Å². The lowest BCUT2D eigenvalue weighted by molar-refractivity contribution is 0.0529. The van der Waals surface area contributed by atoms with Crippen LogP contribution in [0.2, 0.25) is 0 Å². The molecule has 1 amide bonds. The topological polar surface area (TPSA) is 64.3 Å². The summed E-state index contributed by atoms with van der Waals surface area (Å²) in [5.41, 5.74) is 7.97. The molecule has 0 bridgehead atoms. The number of nitrogen functional groups attached to an aromatic ring is 1. The summed E-state index contributed by atoms with van der Waals surface area (Å²) < 4.78 is 5.12. The molecule has 4 nitrogen and oxygen atoms in total. The first-order valence-corrected chi connectivity index (χ1v) is 6.60. The first-order valence-electron chi connectivity index (χ1n) is 6.60. The minimum Gasteiger partial charge on any atom is -0.444 e. The Labute approximate surface area is 120 Å². The fourth-order valence-electron chi connectivity index (χ4n) is 1.46. The van der Waals surface area contributed by atoms with Gasteiger partial charge in [0.15, 0.2) is 0 Å². The molecule has 0 fully saturated rings. The summed E-state index contributed by atoms with van der Waals surface area (Å²) in [5.74, 6) is 6.04. The number of hydrogen-bond acceptors (Lipinski definition) is 3. The lowest BCUT2D eigenvalue weighted by Crippen LogP contribution is -2.32. The zero-order chi connectivity index (χ0) is 15.2. The summed E-state index contributed by atoms with van der Waals surface area (Å²) >= 11 is 0. The van der Waals surface area contributed by atoms with Crippen LogP contribution in [-0.2, 0) is 4.74 Å². The molecule has 0 atom stereocenters. The van der Waals surface area contributed by atoms with E-state index in [1.165, 1.54) is 0 Å². The van der Waals surface area contributed by atoms with E-state index in [1.807, 2.05) is 45.9 Å². The van der Waals surface area contributed by atoms with E-state index in [0.717, 1.165) is 16.8 Å². The summed E-state index contributed by atoms with van der Waals surface area (Å²) in [6, 6.07) is 5.68. The molecule has 0 aliphatic carbocycles. The third kappa shape index (κ3) is 6.14. The first kappa shape index (κ1) is 15.9. The Kier molecular flexibility index (Phi) is 5.45. The van der Waals surface area contributed by atoms with Crippen molar-refractivity contribution in [2.75, 3.05) is 12.3 Å². The van der Waals surface area contributed by atoms with Crippen LogP contribution >= 0.6 is 0 Å². The Morgan fingerprint density at radius 3 is 2.70 bits per heavy atom. The van der Waals surface area contributed by atoms with Gasteiger partial charge in [0.1, 0.15) is 5.60 Å². The molecule has 1 aromatic rings. The largest absolute Gasteiger partial charge is 0.444 e. The number of nitrogens with one attached hydrogen (secondary N) is 1. The number of benzene rings is 1. The molecule has 0 aliphatic heterocycles. The van der Waals surface area contributed by atoms with E-state index in [2.05, 4.69) is 17.2 Å². The van der Waals surface area contributed by atoms with Crippen molar-refractivity contribution in [1.29, 1.82) is 0 Å². The molecule has 0 saturated heterocycles. The van der Waals surface area contributed by atoms with Gasteiger partial charge in [0.2, 0.25) is 0 Å². The van der Waals surface area contributed by atoms with Crippen LogP contribution in [0.15, 0.2) is 18.2 Å². The summed E-state index contributed by atoms with van der Waals surface area (Å²) in [5, 5.41) is 2.66. The highest BCUT2D eigenvalue weighted by atomic mass is 16.6. The zero-order valence-electron chi connectivity index (χ0n) is 12.5. The Bertz CT molecular complexity index is 534. The lowest BCUT2D eigenvalue weighted by atomic mass is 10.1. The molecule has 4 heteroatoms. The molecule has 108 valence electrons. The van der Waals surface area contributed by atoms with E-state index in [4.69, 9.17) is 10.5 Å². The number of alkyl carbamates (subject to hydrolysis) is 1. The van der Waals surface area contributed by atoms with E-state index in [1.54, 1.807) is 0 Å². The van der Waals surface area contributed by atoms with Crippen molar-refractivity contribution in [2.45, 2.75) is 39.7 Å². The van der Waals surface area contributed by atoms with Crippen LogP contribution in [0.1, 0.15) is 38.3 Å². The fourth-order valence-corrected chi connectivity index (χ4v) is 1.46. The molecule has 3 N–H and O–H groups in total. The van der Waals surface area contributed by atoms with Crippen LogP contribution in [0, 0.1) is 18.8 Å². The first-order chi connectivity index (χ1) is 9.28. The average Bonchev–Trinajstić information content (AvgIpc) is 2.31. The van der Waals surface area contributed by atoms with Crippen molar-refractivity contribution in [2.24, 2.45) is 0 Å². The number of hydrogen-bond donors (Lipinski definition) is 2. The number of carbonyl (C=O) groups is 1. The highest BCUT2D eigenvalue weighted by Crippen LogP contribution is 2.11. The molecule has 1 rings (SSSR count). The van der Waals surface area contributed by atoms with Crippen molar-refractivity contribution in [3.05, 3.63) is 29.3 Å². The number of aryl methyl sites for hydroxylation is 1. The van der Waals surface area contributed by atoms with Crippen LogP contribution < -0.4 is 11.1 Å². The SMILES string of the molecule is Cc1cc(C#CCCNC(=O)OC(C)(C)C)ccc1N. The Morgan fingerprint density at radius 1 is 1.40 bits per heavy atom. The van der Waals surface area contributed by atoms with Gasteiger partial charge in [-0.2, -0.15) is 0 Å². The quantitative estimate of drug-likeness (QED) is 0.495. The minimum atomic E-state index is -0.475. The van der Waals surface area contributed by atoms with Gasteiger partial charge in [-0.3, -0.25) is 0 Å². The fraction of sp³-hybridized carbons (Fsp3) is 0.438. The molecular weight excluding hydrogens is 252 g/mol. The Hall–Kier alpha value is -2.15. The van der Waals surface area contributed by atoms with Gasteiger partial charge >= 0.3 is 6.09 Å². The molecule has 0 heterocycles. The zero-order valence-corrected chi connectivity index (χ0v) is 12.5. The van der Waals surface area contributed by atoms with Crippen molar-refractivity contribution in [3.63, 3.8) is 0 Å². The molecule has 0 saturated carbocycles. The number of anilines is 1. The predicted molar refractivity (Wildman–Crippen MR) is 81.3 cm³/mol. The monoisotopic (exact) mass is 274 g/mol. The summed E-state index contributed by atoms with van der Waals surface area (Å²) in [7, 11) is 0. The standard InChI is InChI=1S/C16H22N2O2/c1-12-11-13(8-9-14(12)17)7-5-6-10-18-15(19)20-16(2,3)4/h8-9,11H,6,10,17H2,1-4H3,(H,18,19). The predicted octanol–water partition coefficient (Wildman–Crippen LogP) is 2.84. The minimum absolute atomic E-state index is 0.414. The van der Waals surface area contributed by atoms with Crippen molar-refractivity contribution in [1.82, 2.24) is 5.32 Å². The van der Waals surface area contributed by atoms with Crippen LogP contribution in [0.3, 0.4) is 0 Å². The molecule has 0 unspecified atom stereocenters. The molecular formula is C16H22N2O2. The van der Waals surface area contributed by atoms with Gasteiger partial charge in [-0.1, -0.05) is 11.8 Å². The molecule has 1 aromatic carbocycles. The molecule has 0 spiro atoms. The highest BCUT2D eigenvalue weighted by molar-refractivity contribution is 5.67. The maximum atomic E-state index is 11.4. The average molecular weight is 274 g/mol. The summed E-state index contributed by atoms with van der Waals surface area (Å²) in [6.07, 6.45) is 0.158. The highest BCUT2D eigenvalue weighted by Gasteiger charge is 2.15. The number of nitrogens with two attached hydrogens (primary N) is 1. The summed E-state index contributed by atoms with van der Waals surface area (Å²) in [4.78, 5) is 11.4. The van der Waals surface area contributed by atoms with E-state index < -0.39 is 11.7 Å². The van der Waals surface area contributed by atoms with Crippen molar-refractivity contribution < 1.29 is 9.53 Å². The third-order valence-corrected chi connectivity index (χ3v) is 2.42. The van der Waals surface area contributed by atoms with Gasteiger partial charge in [-0.15, -0.1) is 0 Å². The van der Waals surface area contributed by atoms with Crippen molar-refractivity contribution in [3.8, 4) is 11.8 Å². The second kappa shape index (κ2) is 6.85. The van der Waals surface area contributed by atoms with Crippen LogP contribution in [0.4, 0.5) is 10.5 Å². The number of carbonyl (C=O) groups excluding carboxylic acids is 1. The number of rotatable bonds is 2. The molecule has 0 radical (unpaired) electrons. The van der Waals surface area contributed by atoms with Gasteiger partial charge in [0.25, 0.3) is 0 Å². The van der Waals surface area contributed by atoms with Crippen LogP contribution in [0.25, 0.3) is 0 Å². The van der Waals surface area contributed by atoms with Gasteiger partial charge in [-0.25, -0.2) is 4.79 Å². The van der Waals surface area contributed by atoms with Gasteiger partial charge in [-0.05, 0) is 51.5 Å². The van der Waals surface area contributed by atoms with Crippen molar-refractivity contribution >= 4 is 11.8 Å². The normalized spacial score (nSPS) is 10.4. The second-order valence-electron chi connectivity index (χ2n) is 5.55. The van der Waals surface area contributed by atoms with Crippen LogP contribution in [0.5, 0.6) is 0 Å². The molecule has 0 aliphatic rings. The van der Waals surface area contributed by atoms with E-state index in [-0.39, 0.29) is 0 Å². The third-order valence-electron chi connectivity index (χ3n) is 2.42. The van der Waals surface area contributed by atoms with E-state index in [9.17, 15) is 4.79 Å². The second-order valence-corrected chi connectivity index (χ2v) is 5.55. The molecule has 0 aromatic heterocycles. The Morgan fingerprint density at radius 2 is 2.10 bits per heavy atom. The van der Waals surface area contributed by atoms with E-state index >= 15 is 0 Å².